The number of anilines is 1. The number of rotatable bonds is 3. The maximum absolute atomic E-state index is 12.3. The number of benzene rings is 1. The number of nitrogens with one attached hydrogen (secondary N) is 2. The topological polar surface area (TPSA) is 58.4 Å². The van der Waals surface area contributed by atoms with Crippen LogP contribution in [0.5, 0.6) is 0 Å². The summed E-state index contributed by atoms with van der Waals surface area (Å²) in [4.78, 5) is 17.0. The molecule has 3 aromatic rings. The van der Waals surface area contributed by atoms with Gasteiger partial charge in [0.15, 0.2) is 0 Å². The highest BCUT2D eigenvalue weighted by Crippen LogP contribution is 2.23. The molecule has 0 spiro atoms. The van der Waals surface area contributed by atoms with Gasteiger partial charge in [0.1, 0.15) is 5.65 Å². The van der Waals surface area contributed by atoms with Crippen molar-refractivity contribution in [1.82, 2.24) is 14.7 Å². The van der Waals surface area contributed by atoms with Crippen molar-refractivity contribution >= 4 is 17.2 Å². The molecule has 0 radical (unpaired) electrons. The molecule has 5 heteroatoms. The van der Waals surface area contributed by atoms with Crippen LogP contribution < -0.4 is 10.6 Å². The molecule has 2 aromatic heterocycles. The van der Waals surface area contributed by atoms with Gasteiger partial charge in [-0.15, -0.1) is 0 Å². The highest BCUT2D eigenvalue weighted by atomic mass is 16.1. The second kappa shape index (κ2) is 6.69. The van der Waals surface area contributed by atoms with Crippen molar-refractivity contribution in [2.45, 2.75) is 19.8 Å². The third-order valence-corrected chi connectivity index (χ3v) is 4.79. The first-order valence-corrected chi connectivity index (χ1v) is 8.77. The molecule has 128 valence electrons. The lowest BCUT2D eigenvalue weighted by molar-refractivity contribution is -0.120. The van der Waals surface area contributed by atoms with Gasteiger partial charge in [0.2, 0.25) is 5.91 Å². The van der Waals surface area contributed by atoms with Gasteiger partial charge >= 0.3 is 0 Å². The fraction of sp³-hybridized carbons (Fsp3) is 0.300. The smallest absolute Gasteiger partial charge is 0.228 e. The van der Waals surface area contributed by atoms with Gasteiger partial charge in [-0.1, -0.05) is 18.2 Å². The molecule has 1 aliphatic rings. The first-order chi connectivity index (χ1) is 12.2. The predicted molar refractivity (Wildman–Crippen MR) is 99.6 cm³/mol. The SMILES string of the molecule is Cc1cccn2cc(-c3ccc(NC(=O)C4CCCNC4)cc3)nc12. The zero-order valence-corrected chi connectivity index (χ0v) is 14.3. The van der Waals surface area contributed by atoms with Crippen LogP contribution in [0.2, 0.25) is 0 Å². The fourth-order valence-electron chi connectivity index (χ4n) is 3.34. The van der Waals surface area contributed by atoms with E-state index in [1.807, 2.05) is 47.1 Å². The van der Waals surface area contributed by atoms with E-state index >= 15 is 0 Å². The maximum Gasteiger partial charge on any atom is 0.228 e. The Morgan fingerprint density at radius 2 is 2.12 bits per heavy atom. The Morgan fingerprint density at radius 3 is 2.84 bits per heavy atom. The van der Waals surface area contributed by atoms with Gasteiger partial charge in [-0.05, 0) is 50.1 Å². The van der Waals surface area contributed by atoms with Crippen LogP contribution in [0, 0.1) is 12.8 Å². The number of carbonyl (C=O) groups is 1. The fourth-order valence-corrected chi connectivity index (χ4v) is 3.34. The quantitative estimate of drug-likeness (QED) is 0.773. The van der Waals surface area contributed by atoms with Crippen molar-refractivity contribution in [2.24, 2.45) is 5.92 Å². The van der Waals surface area contributed by atoms with Gasteiger partial charge in [-0.25, -0.2) is 4.98 Å². The van der Waals surface area contributed by atoms with Gasteiger partial charge in [0.05, 0.1) is 11.6 Å². The number of piperidine rings is 1. The second-order valence-electron chi connectivity index (χ2n) is 6.66. The van der Waals surface area contributed by atoms with E-state index < -0.39 is 0 Å². The Labute approximate surface area is 147 Å². The van der Waals surface area contributed by atoms with Crippen LogP contribution in [0.25, 0.3) is 16.9 Å². The number of fused-ring (bicyclic) bond motifs is 1. The Bertz CT molecular complexity index is 892. The van der Waals surface area contributed by atoms with E-state index in [2.05, 4.69) is 23.6 Å². The van der Waals surface area contributed by atoms with Crippen LogP contribution in [-0.2, 0) is 4.79 Å². The molecule has 1 aromatic carbocycles. The molecule has 0 aliphatic carbocycles. The molecule has 1 atom stereocenters. The highest BCUT2D eigenvalue weighted by Gasteiger charge is 2.20. The van der Waals surface area contributed by atoms with E-state index in [1.54, 1.807) is 0 Å². The largest absolute Gasteiger partial charge is 0.326 e. The number of imidazole rings is 1. The van der Waals surface area contributed by atoms with Crippen molar-refractivity contribution in [3.63, 3.8) is 0 Å². The van der Waals surface area contributed by atoms with Crippen molar-refractivity contribution in [1.29, 1.82) is 0 Å². The molecule has 0 bridgehead atoms. The molecule has 4 rings (SSSR count). The minimum atomic E-state index is 0.0647. The summed E-state index contributed by atoms with van der Waals surface area (Å²) < 4.78 is 2.04. The molecule has 0 saturated carbocycles. The third kappa shape index (κ3) is 3.28. The summed E-state index contributed by atoms with van der Waals surface area (Å²) in [6.45, 7) is 3.84. The number of pyridine rings is 1. The summed E-state index contributed by atoms with van der Waals surface area (Å²) in [5.74, 6) is 0.165. The highest BCUT2D eigenvalue weighted by molar-refractivity contribution is 5.93. The number of nitrogens with zero attached hydrogens (tertiary/aromatic N) is 2. The van der Waals surface area contributed by atoms with Crippen molar-refractivity contribution < 1.29 is 4.79 Å². The van der Waals surface area contributed by atoms with Crippen LogP contribution in [0.4, 0.5) is 5.69 Å². The monoisotopic (exact) mass is 334 g/mol. The van der Waals surface area contributed by atoms with Crippen LogP contribution in [0.1, 0.15) is 18.4 Å². The van der Waals surface area contributed by atoms with Crippen LogP contribution in [0.3, 0.4) is 0 Å². The zero-order chi connectivity index (χ0) is 17.2. The van der Waals surface area contributed by atoms with Crippen molar-refractivity contribution in [3.8, 4) is 11.3 Å². The molecule has 25 heavy (non-hydrogen) atoms. The van der Waals surface area contributed by atoms with Gasteiger partial charge in [0.25, 0.3) is 0 Å². The molecule has 1 fully saturated rings. The third-order valence-electron chi connectivity index (χ3n) is 4.79. The molecule has 3 heterocycles. The lowest BCUT2D eigenvalue weighted by Crippen LogP contribution is -2.37. The molecule has 1 amide bonds. The van der Waals surface area contributed by atoms with E-state index in [9.17, 15) is 4.79 Å². The number of carbonyl (C=O) groups excluding carboxylic acids is 1. The minimum Gasteiger partial charge on any atom is -0.326 e. The molecular formula is C20H22N4O. The number of amides is 1. The van der Waals surface area contributed by atoms with E-state index in [0.717, 1.165) is 54.1 Å². The van der Waals surface area contributed by atoms with Crippen molar-refractivity contribution in [2.75, 3.05) is 18.4 Å². The first kappa shape index (κ1) is 15.8. The standard InChI is InChI=1S/C20H22N4O/c1-14-4-3-11-24-13-18(23-19(14)24)15-6-8-17(9-7-15)22-20(25)16-5-2-10-21-12-16/h3-4,6-9,11,13,16,21H,2,5,10,12H2,1H3,(H,22,25). The Kier molecular flexibility index (Phi) is 4.24. The van der Waals surface area contributed by atoms with Crippen molar-refractivity contribution in [3.05, 3.63) is 54.4 Å². The number of hydrogen-bond acceptors (Lipinski definition) is 3. The lowest BCUT2D eigenvalue weighted by atomic mass is 9.99. The first-order valence-electron chi connectivity index (χ1n) is 8.77. The minimum absolute atomic E-state index is 0.0647. The average Bonchev–Trinajstić information content (AvgIpc) is 3.09. The van der Waals surface area contributed by atoms with E-state index in [4.69, 9.17) is 4.98 Å². The number of aromatic nitrogens is 2. The van der Waals surface area contributed by atoms with Gasteiger partial charge in [-0.2, -0.15) is 0 Å². The summed E-state index contributed by atoms with van der Waals surface area (Å²) >= 11 is 0. The van der Waals surface area contributed by atoms with Gasteiger partial charge < -0.3 is 15.0 Å². The number of aryl methyl sites for hydroxylation is 1. The van der Waals surface area contributed by atoms with E-state index in [1.165, 1.54) is 0 Å². The molecular weight excluding hydrogens is 312 g/mol. The summed E-state index contributed by atoms with van der Waals surface area (Å²) in [6, 6.07) is 12.0. The van der Waals surface area contributed by atoms with Crippen LogP contribution in [-0.4, -0.2) is 28.4 Å². The zero-order valence-electron chi connectivity index (χ0n) is 14.3. The van der Waals surface area contributed by atoms with Crippen LogP contribution >= 0.6 is 0 Å². The van der Waals surface area contributed by atoms with E-state index in [0.29, 0.717) is 0 Å². The molecule has 1 aliphatic heterocycles. The lowest BCUT2D eigenvalue weighted by Gasteiger charge is -2.21. The summed E-state index contributed by atoms with van der Waals surface area (Å²) in [5, 5.41) is 6.30. The summed E-state index contributed by atoms with van der Waals surface area (Å²) in [5.41, 5.74) is 4.93. The number of hydrogen-bond donors (Lipinski definition) is 2. The van der Waals surface area contributed by atoms with E-state index in [-0.39, 0.29) is 11.8 Å². The van der Waals surface area contributed by atoms with Gasteiger partial charge in [0, 0.05) is 30.2 Å². The average molecular weight is 334 g/mol. The molecule has 5 nitrogen and oxygen atoms in total. The summed E-state index contributed by atoms with van der Waals surface area (Å²) in [7, 11) is 0. The maximum atomic E-state index is 12.3. The molecule has 1 saturated heterocycles. The van der Waals surface area contributed by atoms with Crippen LogP contribution in [0.15, 0.2) is 48.8 Å². The summed E-state index contributed by atoms with van der Waals surface area (Å²) in [6.07, 6.45) is 6.05. The molecule has 1 unspecified atom stereocenters. The molecule has 2 N–H and O–H groups in total. The second-order valence-corrected chi connectivity index (χ2v) is 6.66. The Morgan fingerprint density at radius 1 is 1.28 bits per heavy atom. The normalized spacial score (nSPS) is 17.6. The van der Waals surface area contributed by atoms with Gasteiger partial charge in [-0.3, -0.25) is 4.79 Å². The Balaban J connectivity index is 1.51. The Hall–Kier alpha value is -2.66. The predicted octanol–water partition coefficient (Wildman–Crippen LogP) is 3.25.